The van der Waals surface area contributed by atoms with Crippen molar-refractivity contribution < 1.29 is 14.3 Å². The van der Waals surface area contributed by atoms with Crippen LogP contribution in [0.3, 0.4) is 0 Å². The van der Waals surface area contributed by atoms with Gasteiger partial charge in [0.1, 0.15) is 11.6 Å². The second kappa shape index (κ2) is 8.67. The third kappa shape index (κ3) is 3.79. The summed E-state index contributed by atoms with van der Waals surface area (Å²) in [7, 11) is 3.05. The Morgan fingerprint density at radius 3 is 2.41 bits per heavy atom. The van der Waals surface area contributed by atoms with Gasteiger partial charge in [-0.3, -0.25) is 0 Å². The van der Waals surface area contributed by atoms with Gasteiger partial charge in [0.25, 0.3) is 0 Å². The number of fused-ring (bicyclic) bond motifs is 2. The van der Waals surface area contributed by atoms with Crippen LogP contribution in [0, 0.1) is 0 Å². The highest BCUT2D eigenvalue weighted by atomic mass is 16.5. The van der Waals surface area contributed by atoms with Crippen LogP contribution >= 0.6 is 0 Å². The van der Waals surface area contributed by atoms with E-state index in [1.807, 2.05) is 24.5 Å². The van der Waals surface area contributed by atoms with Gasteiger partial charge in [-0.1, -0.05) is 12.1 Å². The van der Waals surface area contributed by atoms with Crippen LogP contribution in [0.25, 0.3) is 33.5 Å². The maximum atomic E-state index is 12.0. The Morgan fingerprint density at radius 2 is 1.71 bits per heavy atom. The number of carbonyl (C=O) groups excluding carboxylic acids is 1. The predicted molar refractivity (Wildman–Crippen MR) is 132 cm³/mol. The fourth-order valence-electron chi connectivity index (χ4n) is 4.33. The molecule has 7 nitrogen and oxygen atoms in total. The molecule has 0 atom stereocenters. The molecule has 5 aromatic rings. The lowest BCUT2D eigenvalue weighted by atomic mass is 10.1. The van der Waals surface area contributed by atoms with E-state index >= 15 is 0 Å². The second-order valence-electron chi connectivity index (χ2n) is 8.52. The standard InChI is InChI=1S/C27H26N4O3/c1-17(2)31-25-12-8-20(27(32)34-4)14-23(25)29-26(31)19-7-11-24-22(13-19)28-16-30(24)15-18-5-9-21(33-3)10-6-18/h5-14,16-17H,15H2,1-4H3. The van der Waals surface area contributed by atoms with Crippen LogP contribution in [0.4, 0.5) is 0 Å². The van der Waals surface area contributed by atoms with Crippen molar-refractivity contribution in [2.45, 2.75) is 26.4 Å². The van der Waals surface area contributed by atoms with Crippen LogP contribution in [-0.2, 0) is 11.3 Å². The van der Waals surface area contributed by atoms with Crippen LogP contribution in [0.15, 0.2) is 67.0 Å². The summed E-state index contributed by atoms with van der Waals surface area (Å²) in [5, 5.41) is 0. The summed E-state index contributed by atoms with van der Waals surface area (Å²) in [6.45, 7) is 4.97. The van der Waals surface area contributed by atoms with Gasteiger partial charge in [-0.15, -0.1) is 0 Å². The Labute approximate surface area is 197 Å². The first-order valence-corrected chi connectivity index (χ1v) is 11.2. The molecule has 7 heteroatoms. The molecule has 172 valence electrons. The monoisotopic (exact) mass is 454 g/mol. The first-order valence-electron chi connectivity index (χ1n) is 11.2. The smallest absolute Gasteiger partial charge is 0.337 e. The fourth-order valence-corrected chi connectivity index (χ4v) is 4.33. The number of nitrogens with zero attached hydrogens (tertiary/aromatic N) is 4. The third-order valence-electron chi connectivity index (χ3n) is 6.02. The summed E-state index contributed by atoms with van der Waals surface area (Å²) >= 11 is 0. The molecule has 0 radical (unpaired) electrons. The molecule has 2 heterocycles. The first-order chi connectivity index (χ1) is 16.5. The molecule has 0 amide bonds. The molecular weight excluding hydrogens is 428 g/mol. The summed E-state index contributed by atoms with van der Waals surface area (Å²) in [6, 6.07) is 20.0. The van der Waals surface area contributed by atoms with Crippen molar-refractivity contribution in [2.75, 3.05) is 14.2 Å². The molecule has 0 aliphatic heterocycles. The summed E-state index contributed by atoms with van der Waals surface area (Å²) in [5.41, 5.74) is 6.34. The van der Waals surface area contributed by atoms with E-state index in [1.54, 1.807) is 19.2 Å². The lowest BCUT2D eigenvalue weighted by Crippen LogP contribution is -2.04. The Balaban J connectivity index is 1.54. The zero-order valence-electron chi connectivity index (χ0n) is 19.6. The number of benzene rings is 3. The average Bonchev–Trinajstić information content (AvgIpc) is 3.44. The normalized spacial score (nSPS) is 11.4. The molecule has 0 fully saturated rings. The predicted octanol–water partition coefficient (Wildman–Crippen LogP) is 5.48. The molecule has 3 aromatic carbocycles. The van der Waals surface area contributed by atoms with Gasteiger partial charge in [-0.25, -0.2) is 14.8 Å². The van der Waals surface area contributed by atoms with E-state index in [2.05, 4.69) is 58.3 Å². The van der Waals surface area contributed by atoms with Crippen LogP contribution < -0.4 is 4.74 Å². The molecule has 0 spiro atoms. The Kier molecular flexibility index (Phi) is 5.53. The van der Waals surface area contributed by atoms with Crippen molar-refractivity contribution >= 4 is 28.0 Å². The average molecular weight is 455 g/mol. The number of carbonyl (C=O) groups is 1. The summed E-state index contributed by atoms with van der Waals surface area (Å²) in [4.78, 5) is 21.5. The molecule has 5 rings (SSSR count). The number of hydrogen-bond acceptors (Lipinski definition) is 5. The minimum atomic E-state index is -0.369. The minimum Gasteiger partial charge on any atom is -0.497 e. The minimum absolute atomic E-state index is 0.187. The highest BCUT2D eigenvalue weighted by Gasteiger charge is 2.18. The largest absolute Gasteiger partial charge is 0.497 e. The molecule has 0 saturated carbocycles. The number of methoxy groups -OCH3 is 2. The van der Waals surface area contributed by atoms with Crippen molar-refractivity contribution in [1.29, 1.82) is 0 Å². The lowest BCUT2D eigenvalue weighted by molar-refractivity contribution is 0.0601. The third-order valence-corrected chi connectivity index (χ3v) is 6.02. The van der Waals surface area contributed by atoms with Gasteiger partial charge in [-0.05, 0) is 67.9 Å². The lowest BCUT2D eigenvalue weighted by Gasteiger charge is -2.13. The number of aromatic nitrogens is 4. The molecule has 0 bridgehead atoms. The molecule has 0 aliphatic carbocycles. The van der Waals surface area contributed by atoms with Gasteiger partial charge in [-0.2, -0.15) is 0 Å². The Bertz CT molecular complexity index is 1500. The van der Waals surface area contributed by atoms with Crippen LogP contribution in [-0.4, -0.2) is 39.3 Å². The van der Waals surface area contributed by atoms with E-state index in [4.69, 9.17) is 14.5 Å². The Hall–Kier alpha value is -4.13. The summed E-state index contributed by atoms with van der Waals surface area (Å²) in [5.74, 6) is 1.32. The van der Waals surface area contributed by atoms with Gasteiger partial charge >= 0.3 is 5.97 Å². The highest BCUT2D eigenvalue weighted by Crippen LogP contribution is 2.31. The molecule has 2 aromatic heterocycles. The quantitative estimate of drug-likeness (QED) is 0.318. The fraction of sp³-hybridized carbons (Fsp3) is 0.222. The van der Waals surface area contributed by atoms with Gasteiger partial charge < -0.3 is 18.6 Å². The topological polar surface area (TPSA) is 71.2 Å². The molecule has 0 saturated heterocycles. The molecule has 0 N–H and O–H groups in total. The van der Waals surface area contributed by atoms with E-state index in [1.165, 1.54) is 12.7 Å². The zero-order chi connectivity index (χ0) is 23.8. The van der Waals surface area contributed by atoms with Crippen LogP contribution in [0.5, 0.6) is 5.75 Å². The van der Waals surface area contributed by atoms with Gasteiger partial charge in [0.2, 0.25) is 0 Å². The van der Waals surface area contributed by atoms with E-state index in [9.17, 15) is 4.79 Å². The maximum absolute atomic E-state index is 12.0. The van der Waals surface area contributed by atoms with E-state index in [-0.39, 0.29) is 12.0 Å². The maximum Gasteiger partial charge on any atom is 0.337 e. The van der Waals surface area contributed by atoms with E-state index < -0.39 is 0 Å². The van der Waals surface area contributed by atoms with Crippen molar-refractivity contribution in [3.05, 3.63) is 78.1 Å². The molecule has 0 unspecified atom stereocenters. The van der Waals surface area contributed by atoms with Gasteiger partial charge in [0, 0.05) is 18.2 Å². The number of hydrogen-bond donors (Lipinski definition) is 0. The first kappa shape index (κ1) is 21.7. The number of imidazole rings is 2. The SMILES string of the molecule is COC(=O)c1ccc2c(c1)nc(-c1ccc3c(c1)ncn3Cc1ccc(OC)cc1)n2C(C)C. The summed E-state index contributed by atoms with van der Waals surface area (Å²) < 4.78 is 14.4. The van der Waals surface area contributed by atoms with Crippen LogP contribution in [0.2, 0.25) is 0 Å². The highest BCUT2D eigenvalue weighted by molar-refractivity contribution is 5.94. The van der Waals surface area contributed by atoms with E-state index in [0.29, 0.717) is 5.56 Å². The number of esters is 1. The van der Waals surface area contributed by atoms with Gasteiger partial charge in [0.05, 0.1) is 48.2 Å². The van der Waals surface area contributed by atoms with Crippen molar-refractivity contribution in [3.8, 4) is 17.1 Å². The zero-order valence-corrected chi connectivity index (χ0v) is 19.6. The number of rotatable bonds is 6. The molecule has 0 aliphatic rings. The van der Waals surface area contributed by atoms with Crippen molar-refractivity contribution in [2.24, 2.45) is 0 Å². The summed E-state index contributed by atoms with van der Waals surface area (Å²) in [6.07, 6.45) is 1.87. The van der Waals surface area contributed by atoms with E-state index in [0.717, 1.165) is 45.7 Å². The number of ether oxygens (including phenoxy) is 2. The second-order valence-corrected chi connectivity index (χ2v) is 8.52. The molecular formula is C27H26N4O3. The van der Waals surface area contributed by atoms with Crippen LogP contribution in [0.1, 0.15) is 35.8 Å². The van der Waals surface area contributed by atoms with Gasteiger partial charge in [0.15, 0.2) is 0 Å². The molecule has 34 heavy (non-hydrogen) atoms. The Morgan fingerprint density at radius 1 is 0.941 bits per heavy atom. The van der Waals surface area contributed by atoms with Crippen molar-refractivity contribution in [3.63, 3.8) is 0 Å². The van der Waals surface area contributed by atoms with Crippen molar-refractivity contribution in [1.82, 2.24) is 19.1 Å².